The van der Waals surface area contributed by atoms with E-state index in [1.807, 2.05) is 7.05 Å². The number of nitrogens with one attached hydrogen (secondary N) is 2. The number of methoxy groups -OCH3 is 2. The van der Waals surface area contributed by atoms with E-state index in [0.29, 0.717) is 23.6 Å². The van der Waals surface area contributed by atoms with E-state index in [2.05, 4.69) is 10.0 Å². The van der Waals surface area contributed by atoms with Gasteiger partial charge in [-0.2, -0.15) is 0 Å². The van der Waals surface area contributed by atoms with Gasteiger partial charge in [0.1, 0.15) is 11.5 Å². The van der Waals surface area contributed by atoms with Crippen LogP contribution in [0.4, 0.5) is 5.69 Å². The maximum absolute atomic E-state index is 11.9. The van der Waals surface area contributed by atoms with Crippen molar-refractivity contribution in [3.05, 3.63) is 18.2 Å². The Morgan fingerprint density at radius 1 is 1.05 bits per heavy atom. The molecule has 0 aromatic heterocycles. The number of rotatable bonds is 9. The monoisotopic (exact) mass is 302 g/mol. The molecule has 0 aliphatic carbocycles. The molecule has 1 rings (SSSR count). The number of hydrogen-bond acceptors (Lipinski definition) is 5. The third-order valence-electron chi connectivity index (χ3n) is 2.71. The van der Waals surface area contributed by atoms with E-state index < -0.39 is 10.0 Å². The normalized spacial score (nSPS) is 11.2. The summed E-state index contributed by atoms with van der Waals surface area (Å²) >= 11 is 0. The highest BCUT2D eigenvalue weighted by molar-refractivity contribution is 7.92. The minimum Gasteiger partial charge on any atom is -0.497 e. The first kappa shape index (κ1) is 16.6. The van der Waals surface area contributed by atoms with Gasteiger partial charge < -0.3 is 14.8 Å². The fourth-order valence-electron chi connectivity index (χ4n) is 1.69. The second-order valence-corrected chi connectivity index (χ2v) is 6.17. The zero-order valence-electron chi connectivity index (χ0n) is 12.1. The van der Waals surface area contributed by atoms with Gasteiger partial charge >= 0.3 is 0 Å². The minimum atomic E-state index is -3.35. The molecule has 0 saturated carbocycles. The van der Waals surface area contributed by atoms with Crippen molar-refractivity contribution < 1.29 is 17.9 Å². The summed E-state index contributed by atoms with van der Waals surface area (Å²) in [5.41, 5.74) is 0.440. The molecule has 0 aliphatic rings. The quantitative estimate of drug-likeness (QED) is 0.675. The van der Waals surface area contributed by atoms with Crippen molar-refractivity contribution in [2.45, 2.75) is 12.8 Å². The predicted octanol–water partition coefficient (Wildman–Crippen LogP) is 1.45. The molecular weight excluding hydrogens is 280 g/mol. The summed E-state index contributed by atoms with van der Waals surface area (Å²) < 4.78 is 36.6. The summed E-state index contributed by atoms with van der Waals surface area (Å²) in [4.78, 5) is 0. The van der Waals surface area contributed by atoms with Gasteiger partial charge in [-0.1, -0.05) is 0 Å². The van der Waals surface area contributed by atoms with Crippen LogP contribution in [0.5, 0.6) is 11.5 Å². The van der Waals surface area contributed by atoms with Crippen molar-refractivity contribution in [2.75, 3.05) is 38.3 Å². The summed E-state index contributed by atoms with van der Waals surface area (Å²) in [6, 6.07) is 4.92. The van der Waals surface area contributed by atoms with Gasteiger partial charge in [0.2, 0.25) is 10.0 Å². The first-order valence-electron chi connectivity index (χ1n) is 6.39. The molecule has 7 heteroatoms. The molecule has 0 unspecified atom stereocenters. The lowest BCUT2D eigenvalue weighted by Crippen LogP contribution is -2.18. The van der Waals surface area contributed by atoms with Crippen LogP contribution in [0.15, 0.2) is 18.2 Å². The van der Waals surface area contributed by atoms with E-state index in [9.17, 15) is 8.42 Å². The fourth-order valence-corrected chi connectivity index (χ4v) is 2.85. The van der Waals surface area contributed by atoms with Crippen LogP contribution in [0.25, 0.3) is 0 Å². The molecule has 20 heavy (non-hydrogen) atoms. The second kappa shape index (κ2) is 7.96. The van der Waals surface area contributed by atoms with Gasteiger partial charge in [-0.25, -0.2) is 8.42 Å². The number of benzene rings is 1. The smallest absolute Gasteiger partial charge is 0.232 e. The highest BCUT2D eigenvalue weighted by atomic mass is 32.2. The Morgan fingerprint density at radius 2 is 1.65 bits per heavy atom. The molecule has 6 nitrogen and oxygen atoms in total. The molecule has 0 spiro atoms. The van der Waals surface area contributed by atoms with Gasteiger partial charge in [-0.05, 0) is 26.4 Å². The lowest BCUT2D eigenvalue weighted by atomic mass is 10.3. The molecule has 0 saturated heterocycles. The van der Waals surface area contributed by atoms with Gasteiger partial charge in [0.05, 0.1) is 25.7 Å². The van der Waals surface area contributed by atoms with Crippen LogP contribution in [0.3, 0.4) is 0 Å². The Bertz CT molecular complexity index is 495. The fraction of sp³-hybridized carbons (Fsp3) is 0.538. The molecule has 1 aromatic rings. The van der Waals surface area contributed by atoms with Gasteiger partial charge in [0.15, 0.2) is 0 Å². The third kappa shape index (κ3) is 5.66. The average Bonchev–Trinajstić information content (AvgIpc) is 2.42. The Balaban J connectivity index is 2.71. The topological polar surface area (TPSA) is 76.7 Å². The number of unbranched alkanes of at least 4 members (excludes halogenated alkanes) is 1. The maximum atomic E-state index is 11.9. The minimum absolute atomic E-state index is 0.0915. The van der Waals surface area contributed by atoms with Crippen molar-refractivity contribution in [1.29, 1.82) is 0 Å². The van der Waals surface area contributed by atoms with Crippen molar-refractivity contribution in [3.8, 4) is 11.5 Å². The average molecular weight is 302 g/mol. The van der Waals surface area contributed by atoms with Crippen LogP contribution < -0.4 is 19.5 Å². The molecule has 114 valence electrons. The van der Waals surface area contributed by atoms with Crippen LogP contribution in [0.1, 0.15) is 12.8 Å². The Hall–Kier alpha value is -1.47. The SMILES string of the molecule is CNCCCCS(=O)(=O)Nc1cc(OC)cc(OC)c1. The van der Waals surface area contributed by atoms with Crippen LogP contribution in [-0.4, -0.2) is 42.0 Å². The van der Waals surface area contributed by atoms with Crippen molar-refractivity contribution >= 4 is 15.7 Å². The molecule has 0 radical (unpaired) electrons. The molecule has 2 N–H and O–H groups in total. The van der Waals surface area contributed by atoms with Crippen LogP contribution in [-0.2, 0) is 10.0 Å². The Morgan fingerprint density at radius 3 is 2.15 bits per heavy atom. The first-order valence-corrected chi connectivity index (χ1v) is 8.04. The van der Waals surface area contributed by atoms with Gasteiger partial charge in [-0.15, -0.1) is 0 Å². The largest absolute Gasteiger partial charge is 0.497 e. The number of sulfonamides is 1. The molecule has 0 heterocycles. The number of anilines is 1. The standard InChI is InChI=1S/C13H22N2O4S/c1-14-6-4-5-7-20(16,17)15-11-8-12(18-2)10-13(9-11)19-3/h8-10,14-15H,4-7H2,1-3H3. The summed E-state index contributed by atoms with van der Waals surface area (Å²) in [7, 11) is 1.53. The molecule has 0 bridgehead atoms. The van der Waals surface area contributed by atoms with E-state index in [4.69, 9.17) is 9.47 Å². The van der Waals surface area contributed by atoms with E-state index in [1.54, 1.807) is 18.2 Å². The van der Waals surface area contributed by atoms with E-state index in [-0.39, 0.29) is 5.75 Å². The lowest BCUT2D eigenvalue weighted by molar-refractivity contribution is 0.395. The Labute approximate surface area is 120 Å². The molecule has 0 amide bonds. The predicted molar refractivity (Wildman–Crippen MR) is 80.1 cm³/mol. The van der Waals surface area contributed by atoms with Gasteiger partial charge in [-0.3, -0.25) is 4.72 Å². The second-order valence-electron chi connectivity index (χ2n) is 4.33. The lowest BCUT2D eigenvalue weighted by Gasteiger charge is -2.11. The molecular formula is C13H22N2O4S. The van der Waals surface area contributed by atoms with Crippen molar-refractivity contribution in [3.63, 3.8) is 0 Å². The number of ether oxygens (including phenoxy) is 2. The van der Waals surface area contributed by atoms with Crippen LogP contribution >= 0.6 is 0 Å². The summed E-state index contributed by atoms with van der Waals surface area (Å²) in [6.45, 7) is 0.808. The van der Waals surface area contributed by atoms with Crippen molar-refractivity contribution in [2.24, 2.45) is 0 Å². The summed E-state index contributed by atoms with van der Waals surface area (Å²) in [5, 5.41) is 2.99. The van der Waals surface area contributed by atoms with Crippen LogP contribution in [0.2, 0.25) is 0 Å². The zero-order valence-corrected chi connectivity index (χ0v) is 12.9. The van der Waals surface area contributed by atoms with Crippen molar-refractivity contribution in [1.82, 2.24) is 5.32 Å². The third-order valence-corrected chi connectivity index (χ3v) is 4.09. The van der Waals surface area contributed by atoms with Crippen LogP contribution in [0, 0.1) is 0 Å². The highest BCUT2D eigenvalue weighted by Crippen LogP contribution is 2.26. The molecule has 0 atom stereocenters. The molecule has 1 aromatic carbocycles. The zero-order chi connectivity index (χ0) is 15.0. The molecule has 0 aliphatic heterocycles. The van der Waals surface area contributed by atoms with Gasteiger partial charge in [0, 0.05) is 18.2 Å². The maximum Gasteiger partial charge on any atom is 0.232 e. The molecule has 0 fully saturated rings. The number of hydrogen-bond donors (Lipinski definition) is 2. The first-order chi connectivity index (χ1) is 9.50. The Kier molecular flexibility index (Phi) is 6.60. The van der Waals surface area contributed by atoms with Gasteiger partial charge in [0.25, 0.3) is 0 Å². The van der Waals surface area contributed by atoms with E-state index in [1.165, 1.54) is 14.2 Å². The van der Waals surface area contributed by atoms with E-state index in [0.717, 1.165) is 13.0 Å². The summed E-state index contributed by atoms with van der Waals surface area (Å²) in [6.07, 6.45) is 1.43. The van der Waals surface area contributed by atoms with E-state index >= 15 is 0 Å². The summed E-state index contributed by atoms with van der Waals surface area (Å²) in [5.74, 6) is 1.17. The highest BCUT2D eigenvalue weighted by Gasteiger charge is 2.11.